The molecule has 7 heteroatoms. The van der Waals surface area contributed by atoms with Gasteiger partial charge in [-0.2, -0.15) is 0 Å². The quantitative estimate of drug-likeness (QED) is 0.249. The van der Waals surface area contributed by atoms with Crippen LogP contribution in [0.4, 0.5) is 4.79 Å². The summed E-state index contributed by atoms with van der Waals surface area (Å²) in [6.45, 7) is 0. The first kappa shape index (κ1) is 10.6. The summed E-state index contributed by atoms with van der Waals surface area (Å²) in [6, 6.07) is -0.903. The van der Waals surface area contributed by atoms with Gasteiger partial charge in [-0.3, -0.25) is 20.2 Å². The Kier molecular flexibility index (Phi) is 3.67. The Balaban J connectivity index is 0. The zero-order valence-electron chi connectivity index (χ0n) is 6.75. The third kappa shape index (κ3) is 2.26. The Morgan fingerprint density at radius 2 is 1.55 bits per heavy atom. The van der Waals surface area contributed by atoms with Crippen LogP contribution in [0, 0.1) is 0 Å². The van der Waals surface area contributed by atoms with Crippen molar-refractivity contribution in [1.29, 1.82) is 0 Å². The van der Waals surface area contributed by atoms with E-state index in [-0.39, 0.29) is 31.0 Å². The van der Waals surface area contributed by atoms with E-state index < -0.39 is 23.9 Å². The van der Waals surface area contributed by atoms with Crippen LogP contribution in [0.3, 0.4) is 0 Å². The second-order valence-electron chi connectivity index (χ2n) is 1.71. The standard InChI is InChI=1S/C4H4N2O4.Na.H/c7-1-2(8)5-4(10)6-3(1)9;;/h1,7H,(H2,5,6,8,9,10);;/q;+1;-1. The van der Waals surface area contributed by atoms with E-state index in [4.69, 9.17) is 5.11 Å². The molecule has 4 amide bonds. The molecule has 1 heterocycles. The molecule has 0 unspecified atom stereocenters. The fourth-order valence-corrected chi connectivity index (χ4v) is 0.511. The molecule has 0 spiro atoms. The maximum absolute atomic E-state index is 10.4. The van der Waals surface area contributed by atoms with Crippen LogP contribution in [0.1, 0.15) is 1.43 Å². The number of urea groups is 1. The molecule has 1 aliphatic rings. The monoisotopic (exact) mass is 168 g/mol. The van der Waals surface area contributed by atoms with Crippen LogP contribution in [0.25, 0.3) is 0 Å². The summed E-state index contributed by atoms with van der Waals surface area (Å²) < 4.78 is 0. The molecule has 1 fully saturated rings. The number of amides is 4. The second kappa shape index (κ2) is 3.82. The Morgan fingerprint density at radius 3 is 1.91 bits per heavy atom. The van der Waals surface area contributed by atoms with E-state index >= 15 is 0 Å². The summed E-state index contributed by atoms with van der Waals surface area (Å²) in [6.07, 6.45) is -1.77. The van der Waals surface area contributed by atoms with Crippen LogP contribution in [0.2, 0.25) is 0 Å². The first-order valence-electron chi connectivity index (χ1n) is 2.45. The van der Waals surface area contributed by atoms with Crippen LogP contribution in [-0.2, 0) is 9.59 Å². The van der Waals surface area contributed by atoms with Gasteiger partial charge in [0.2, 0.25) is 6.10 Å². The molecular weight excluding hydrogens is 163 g/mol. The second-order valence-corrected chi connectivity index (χ2v) is 1.71. The van der Waals surface area contributed by atoms with Crippen molar-refractivity contribution in [2.75, 3.05) is 0 Å². The predicted molar refractivity (Wildman–Crippen MR) is 28.8 cm³/mol. The summed E-state index contributed by atoms with van der Waals surface area (Å²) >= 11 is 0. The van der Waals surface area contributed by atoms with Gasteiger partial charge in [-0.1, -0.05) is 0 Å². The first-order valence-corrected chi connectivity index (χ1v) is 2.45. The third-order valence-corrected chi connectivity index (χ3v) is 0.970. The predicted octanol–water partition coefficient (Wildman–Crippen LogP) is -5.17. The van der Waals surface area contributed by atoms with E-state index in [0.29, 0.717) is 0 Å². The third-order valence-electron chi connectivity index (χ3n) is 0.970. The Morgan fingerprint density at radius 1 is 1.18 bits per heavy atom. The number of rotatable bonds is 0. The van der Waals surface area contributed by atoms with Gasteiger partial charge in [0, 0.05) is 0 Å². The van der Waals surface area contributed by atoms with Crippen molar-refractivity contribution in [1.82, 2.24) is 10.6 Å². The molecule has 0 aromatic heterocycles. The molecule has 3 N–H and O–H groups in total. The number of imide groups is 2. The zero-order valence-corrected chi connectivity index (χ0v) is 7.75. The van der Waals surface area contributed by atoms with E-state index in [0.717, 1.165) is 0 Å². The number of carbonyl (C=O) groups is 3. The molecule has 11 heavy (non-hydrogen) atoms. The van der Waals surface area contributed by atoms with Gasteiger partial charge < -0.3 is 6.53 Å². The number of carbonyl (C=O) groups excluding carboxylic acids is 3. The number of aliphatic hydroxyl groups is 1. The van der Waals surface area contributed by atoms with E-state index in [1.165, 1.54) is 0 Å². The van der Waals surface area contributed by atoms with E-state index in [1.807, 2.05) is 0 Å². The Bertz CT molecular complexity index is 201. The van der Waals surface area contributed by atoms with E-state index in [1.54, 1.807) is 10.6 Å². The topological polar surface area (TPSA) is 95.5 Å². The summed E-state index contributed by atoms with van der Waals surface area (Å²) in [7, 11) is 0. The fraction of sp³-hybridized carbons (Fsp3) is 0.250. The minimum Gasteiger partial charge on any atom is -1.00 e. The number of hydrogen-bond donors (Lipinski definition) is 3. The van der Waals surface area contributed by atoms with Gasteiger partial charge in [0.15, 0.2) is 0 Å². The summed E-state index contributed by atoms with van der Waals surface area (Å²) in [5.41, 5.74) is 0. The summed E-state index contributed by atoms with van der Waals surface area (Å²) in [5.74, 6) is -1.98. The van der Waals surface area contributed by atoms with Gasteiger partial charge in [-0.05, 0) is 0 Å². The average molecular weight is 168 g/mol. The summed E-state index contributed by atoms with van der Waals surface area (Å²) in [4.78, 5) is 31.0. The van der Waals surface area contributed by atoms with Gasteiger partial charge in [-0.25, -0.2) is 4.79 Å². The summed E-state index contributed by atoms with van der Waals surface area (Å²) in [5, 5.41) is 12.0. The Hall–Kier alpha value is -0.430. The average Bonchev–Trinajstić information content (AvgIpc) is 1.82. The zero-order chi connectivity index (χ0) is 7.72. The van der Waals surface area contributed by atoms with Crippen molar-refractivity contribution in [3.05, 3.63) is 0 Å². The van der Waals surface area contributed by atoms with Crippen molar-refractivity contribution in [2.24, 2.45) is 0 Å². The molecule has 56 valence electrons. The van der Waals surface area contributed by atoms with Gasteiger partial charge >= 0.3 is 35.6 Å². The fourth-order valence-electron chi connectivity index (χ4n) is 0.511. The van der Waals surface area contributed by atoms with E-state index in [2.05, 4.69) is 0 Å². The van der Waals surface area contributed by atoms with Gasteiger partial charge in [-0.15, -0.1) is 0 Å². The number of aliphatic hydroxyl groups excluding tert-OH is 1. The smallest absolute Gasteiger partial charge is 1.00 e. The van der Waals surface area contributed by atoms with Crippen LogP contribution < -0.4 is 40.2 Å². The van der Waals surface area contributed by atoms with Crippen molar-refractivity contribution in [3.63, 3.8) is 0 Å². The minimum atomic E-state index is -1.77. The number of barbiturate groups is 1. The van der Waals surface area contributed by atoms with Crippen LogP contribution in [0.5, 0.6) is 0 Å². The maximum Gasteiger partial charge on any atom is 1.00 e. The molecular formula is C4H5N2NaO4. The molecule has 0 atom stereocenters. The maximum atomic E-state index is 10.4. The molecule has 1 saturated heterocycles. The van der Waals surface area contributed by atoms with Crippen molar-refractivity contribution < 1.29 is 50.5 Å². The molecule has 0 radical (unpaired) electrons. The molecule has 0 saturated carbocycles. The van der Waals surface area contributed by atoms with Gasteiger partial charge in [0.05, 0.1) is 0 Å². The van der Waals surface area contributed by atoms with Gasteiger partial charge in [0.25, 0.3) is 11.8 Å². The SMILES string of the molecule is O=C1NC(=O)C(O)C(=O)N1.[H-].[Na+]. The number of hydrogen-bond acceptors (Lipinski definition) is 4. The normalized spacial score (nSPS) is 18.5. The first-order chi connectivity index (χ1) is 4.61. The molecule has 6 nitrogen and oxygen atoms in total. The van der Waals surface area contributed by atoms with Gasteiger partial charge in [0.1, 0.15) is 0 Å². The number of nitrogens with one attached hydrogen (secondary N) is 2. The van der Waals surface area contributed by atoms with Crippen molar-refractivity contribution in [3.8, 4) is 0 Å². The molecule has 0 aromatic carbocycles. The largest absolute Gasteiger partial charge is 1.00 e. The molecule has 0 aromatic rings. The van der Waals surface area contributed by atoms with Crippen molar-refractivity contribution in [2.45, 2.75) is 6.10 Å². The van der Waals surface area contributed by atoms with Crippen molar-refractivity contribution >= 4 is 17.8 Å². The minimum absolute atomic E-state index is 0. The van der Waals surface area contributed by atoms with Crippen LogP contribution in [-0.4, -0.2) is 29.1 Å². The molecule has 1 aliphatic heterocycles. The van der Waals surface area contributed by atoms with Crippen LogP contribution in [0.15, 0.2) is 0 Å². The molecule has 0 aliphatic carbocycles. The molecule has 0 bridgehead atoms. The Labute approximate surface area is 85.1 Å². The van der Waals surface area contributed by atoms with E-state index in [9.17, 15) is 14.4 Å². The molecule has 1 rings (SSSR count). The van der Waals surface area contributed by atoms with Crippen LogP contribution >= 0.6 is 0 Å².